The van der Waals surface area contributed by atoms with Gasteiger partial charge < -0.3 is 15.0 Å². The maximum Gasteiger partial charge on any atom is 0.410 e. The highest BCUT2D eigenvalue weighted by Gasteiger charge is 2.27. The second-order valence-corrected chi connectivity index (χ2v) is 6.84. The number of rotatable bonds is 3. The quantitative estimate of drug-likeness (QED) is 0.930. The number of nitrogens with zero attached hydrogens (tertiary/aromatic N) is 3. The van der Waals surface area contributed by atoms with Crippen LogP contribution in [-0.4, -0.2) is 46.2 Å². The number of piperidine rings is 1. The Morgan fingerprint density at radius 2 is 2.27 bits per heavy atom. The minimum absolute atomic E-state index is 0.219. The first kappa shape index (κ1) is 16.5. The Hall–Kier alpha value is -1.85. The van der Waals surface area contributed by atoms with E-state index in [4.69, 9.17) is 4.74 Å². The molecular weight excluding hydrogens is 280 g/mol. The molecule has 0 spiro atoms. The highest BCUT2D eigenvalue weighted by atomic mass is 16.6. The SMILES string of the molecule is Cc1ccnc(NC[C@H]2CCCN(C(=O)OC(C)(C)C)C2)n1. The van der Waals surface area contributed by atoms with Gasteiger partial charge in [-0.3, -0.25) is 0 Å². The van der Waals surface area contributed by atoms with Crippen molar-refractivity contribution in [3.63, 3.8) is 0 Å². The van der Waals surface area contributed by atoms with Crippen molar-refractivity contribution in [3.05, 3.63) is 18.0 Å². The Labute approximate surface area is 132 Å². The molecule has 1 saturated heterocycles. The molecule has 0 saturated carbocycles. The molecule has 6 heteroatoms. The van der Waals surface area contributed by atoms with Crippen LogP contribution >= 0.6 is 0 Å². The van der Waals surface area contributed by atoms with Gasteiger partial charge >= 0.3 is 6.09 Å². The fourth-order valence-electron chi connectivity index (χ4n) is 2.49. The van der Waals surface area contributed by atoms with E-state index in [2.05, 4.69) is 15.3 Å². The first-order chi connectivity index (χ1) is 10.3. The number of aryl methyl sites for hydroxylation is 1. The summed E-state index contributed by atoms with van der Waals surface area (Å²) in [7, 11) is 0. The molecule has 1 fully saturated rings. The van der Waals surface area contributed by atoms with E-state index in [1.165, 1.54) is 0 Å². The maximum absolute atomic E-state index is 12.1. The molecule has 1 amide bonds. The molecular formula is C16H26N4O2. The standard InChI is InChI=1S/C16H26N4O2/c1-12-7-8-17-14(19-12)18-10-13-6-5-9-20(11-13)15(21)22-16(2,3)4/h7-8,13H,5-6,9-11H2,1-4H3,(H,17,18,19)/t13-/m1/s1. The van der Waals surface area contributed by atoms with Crippen LogP contribution in [-0.2, 0) is 4.74 Å². The summed E-state index contributed by atoms with van der Waals surface area (Å²) in [4.78, 5) is 22.5. The van der Waals surface area contributed by atoms with E-state index in [9.17, 15) is 4.79 Å². The predicted octanol–water partition coefficient (Wildman–Crippen LogP) is 2.84. The highest BCUT2D eigenvalue weighted by Crippen LogP contribution is 2.19. The Morgan fingerprint density at radius 3 is 2.95 bits per heavy atom. The van der Waals surface area contributed by atoms with Gasteiger partial charge in [-0.2, -0.15) is 0 Å². The van der Waals surface area contributed by atoms with Gasteiger partial charge in [0.15, 0.2) is 0 Å². The van der Waals surface area contributed by atoms with Crippen molar-refractivity contribution in [3.8, 4) is 0 Å². The lowest BCUT2D eigenvalue weighted by atomic mass is 9.98. The minimum Gasteiger partial charge on any atom is -0.444 e. The van der Waals surface area contributed by atoms with Crippen LogP contribution in [0.5, 0.6) is 0 Å². The summed E-state index contributed by atoms with van der Waals surface area (Å²) in [5.41, 5.74) is 0.494. The monoisotopic (exact) mass is 306 g/mol. The zero-order valence-electron chi connectivity index (χ0n) is 13.9. The van der Waals surface area contributed by atoms with Crippen LogP contribution in [0.4, 0.5) is 10.7 Å². The van der Waals surface area contributed by atoms with Crippen LogP contribution in [0.1, 0.15) is 39.3 Å². The summed E-state index contributed by atoms with van der Waals surface area (Å²) < 4.78 is 5.45. The Balaban J connectivity index is 1.84. The largest absolute Gasteiger partial charge is 0.444 e. The Morgan fingerprint density at radius 1 is 1.50 bits per heavy atom. The van der Waals surface area contributed by atoms with Gasteiger partial charge in [0.05, 0.1) is 0 Å². The average molecular weight is 306 g/mol. The van der Waals surface area contributed by atoms with Crippen molar-refractivity contribution in [2.45, 2.75) is 46.1 Å². The maximum atomic E-state index is 12.1. The predicted molar refractivity (Wildman–Crippen MR) is 85.8 cm³/mol. The molecule has 122 valence electrons. The second kappa shape index (κ2) is 6.94. The molecule has 0 aromatic carbocycles. The van der Waals surface area contributed by atoms with Crippen LogP contribution in [0.25, 0.3) is 0 Å². The number of anilines is 1. The molecule has 0 bridgehead atoms. The lowest BCUT2D eigenvalue weighted by Gasteiger charge is -2.34. The number of ether oxygens (including phenoxy) is 1. The van der Waals surface area contributed by atoms with E-state index in [0.29, 0.717) is 18.4 Å². The number of hydrogen-bond acceptors (Lipinski definition) is 5. The van der Waals surface area contributed by atoms with Crippen LogP contribution in [0.3, 0.4) is 0 Å². The summed E-state index contributed by atoms with van der Waals surface area (Å²) in [6, 6.07) is 1.87. The molecule has 2 heterocycles. The van der Waals surface area contributed by atoms with E-state index < -0.39 is 5.60 Å². The number of likely N-dealkylation sites (tertiary alicyclic amines) is 1. The molecule has 22 heavy (non-hydrogen) atoms. The average Bonchev–Trinajstić information content (AvgIpc) is 2.44. The number of aromatic nitrogens is 2. The van der Waals surface area contributed by atoms with E-state index in [-0.39, 0.29) is 6.09 Å². The molecule has 1 atom stereocenters. The molecule has 1 aromatic heterocycles. The normalized spacial score (nSPS) is 18.9. The number of amides is 1. The fraction of sp³-hybridized carbons (Fsp3) is 0.688. The van der Waals surface area contributed by atoms with Gasteiger partial charge in [0.2, 0.25) is 5.95 Å². The summed E-state index contributed by atoms with van der Waals surface area (Å²) in [5, 5.41) is 3.26. The first-order valence-corrected chi connectivity index (χ1v) is 7.85. The van der Waals surface area contributed by atoms with Gasteiger partial charge in [-0.15, -0.1) is 0 Å². The van der Waals surface area contributed by atoms with Gasteiger partial charge in [0, 0.05) is 31.5 Å². The molecule has 0 unspecified atom stereocenters. The van der Waals surface area contributed by atoms with Crippen molar-refractivity contribution in [2.24, 2.45) is 5.92 Å². The zero-order chi connectivity index (χ0) is 16.2. The molecule has 6 nitrogen and oxygen atoms in total. The van der Waals surface area contributed by atoms with Crippen molar-refractivity contribution >= 4 is 12.0 Å². The van der Waals surface area contributed by atoms with Crippen molar-refractivity contribution in [1.29, 1.82) is 0 Å². The molecule has 1 aliphatic heterocycles. The van der Waals surface area contributed by atoms with Gasteiger partial charge in [-0.05, 0) is 52.5 Å². The fourth-order valence-corrected chi connectivity index (χ4v) is 2.49. The summed E-state index contributed by atoms with van der Waals surface area (Å²) in [6.07, 6.45) is 3.63. The molecule has 0 aliphatic carbocycles. The first-order valence-electron chi connectivity index (χ1n) is 7.85. The Kier molecular flexibility index (Phi) is 5.21. The summed E-state index contributed by atoms with van der Waals surface area (Å²) >= 11 is 0. The number of hydrogen-bond donors (Lipinski definition) is 1. The third-order valence-corrected chi connectivity index (χ3v) is 3.51. The van der Waals surface area contributed by atoms with E-state index in [1.807, 2.05) is 33.8 Å². The molecule has 0 radical (unpaired) electrons. The third kappa shape index (κ3) is 5.16. The van der Waals surface area contributed by atoms with Crippen LogP contribution in [0.2, 0.25) is 0 Å². The van der Waals surface area contributed by atoms with E-state index in [0.717, 1.165) is 31.6 Å². The van der Waals surface area contributed by atoms with Crippen LogP contribution in [0.15, 0.2) is 12.3 Å². The summed E-state index contributed by atoms with van der Waals surface area (Å²) in [5.74, 6) is 1.04. The van der Waals surface area contributed by atoms with Gasteiger partial charge in [-0.1, -0.05) is 0 Å². The highest BCUT2D eigenvalue weighted by molar-refractivity contribution is 5.68. The summed E-state index contributed by atoms with van der Waals surface area (Å²) in [6.45, 7) is 9.87. The van der Waals surface area contributed by atoms with Gasteiger partial charge in [0.25, 0.3) is 0 Å². The zero-order valence-corrected chi connectivity index (χ0v) is 13.9. The number of nitrogens with one attached hydrogen (secondary N) is 1. The van der Waals surface area contributed by atoms with Gasteiger partial charge in [0.1, 0.15) is 5.60 Å². The lowest BCUT2D eigenvalue weighted by Crippen LogP contribution is -2.44. The van der Waals surface area contributed by atoms with E-state index >= 15 is 0 Å². The number of carbonyl (C=O) groups excluding carboxylic acids is 1. The Bertz CT molecular complexity index is 513. The van der Waals surface area contributed by atoms with E-state index in [1.54, 1.807) is 11.1 Å². The smallest absolute Gasteiger partial charge is 0.410 e. The second-order valence-electron chi connectivity index (χ2n) is 6.84. The van der Waals surface area contributed by atoms with Gasteiger partial charge in [-0.25, -0.2) is 14.8 Å². The lowest BCUT2D eigenvalue weighted by molar-refractivity contribution is 0.0172. The third-order valence-electron chi connectivity index (χ3n) is 3.51. The topological polar surface area (TPSA) is 67.4 Å². The minimum atomic E-state index is -0.447. The van der Waals surface area contributed by atoms with Crippen LogP contribution in [0, 0.1) is 12.8 Å². The molecule has 1 aromatic rings. The van der Waals surface area contributed by atoms with Crippen LogP contribution < -0.4 is 5.32 Å². The molecule has 1 aliphatic rings. The van der Waals surface area contributed by atoms with Crippen molar-refractivity contribution in [2.75, 3.05) is 25.0 Å². The molecule has 1 N–H and O–H groups in total. The molecule has 2 rings (SSSR count). The van der Waals surface area contributed by atoms with Crippen molar-refractivity contribution in [1.82, 2.24) is 14.9 Å². The number of carbonyl (C=O) groups is 1. The van der Waals surface area contributed by atoms with Crippen molar-refractivity contribution < 1.29 is 9.53 Å².